The molecule has 0 fully saturated rings. The van der Waals surface area contributed by atoms with Crippen molar-refractivity contribution in [1.29, 1.82) is 0 Å². The molecule has 0 atom stereocenters. The van der Waals surface area contributed by atoms with E-state index in [-0.39, 0.29) is 6.54 Å². The van der Waals surface area contributed by atoms with E-state index < -0.39 is 10.1 Å². The van der Waals surface area contributed by atoms with Gasteiger partial charge in [0, 0.05) is 12.1 Å². The normalized spacial score (nSPS) is 11.2. The van der Waals surface area contributed by atoms with Gasteiger partial charge < -0.3 is 9.92 Å². The second kappa shape index (κ2) is 3.76. The van der Waals surface area contributed by atoms with Gasteiger partial charge in [-0.15, -0.1) is 0 Å². The third-order valence-corrected chi connectivity index (χ3v) is 1.92. The van der Waals surface area contributed by atoms with E-state index in [0.29, 0.717) is 11.3 Å². The van der Waals surface area contributed by atoms with Gasteiger partial charge in [0.2, 0.25) is 0 Å². The van der Waals surface area contributed by atoms with Crippen molar-refractivity contribution in [1.82, 2.24) is 0 Å². The predicted molar refractivity (Wildman–Crippen MR) is 49.8 cm³/mol. The van der Waals surface area contributed by atoms with Crippen molar-refractivity contribution in [3.63, 3.8) is 0 Å². The van der Waals surface area contributed by atoms with Gasteiger partial charge in [0.15, 0.2) is 0 Å². The van der Waals surface area contributed by atoms with Crippen LogP contribution in [0.5, 0.6) is 5.75 Å². The molecule has 0 aliphatic carbocycles. The molecule has 0 amide bonds. The Balaban J connectivity index is 3.01. The second-order valence-corrected chi connectivity index (χ2v) is 4.17. The van der Waals surface area contributed by atoms with E-state index in [1.807, 2.05) is 0 Å². The SMILES string of the molecule is CS(=O)(=O)Oc1ccccc1CN. The predicted octanol–water partition coefficient (Wildman–Crippen LogP) is 0.484. The lowest BCUT2D eigenvalue weighted by Gasteiger charge is -2.06. The fourth-order valence-electron chi connectivity index (χ4n) is 0.917. The van der Waals surface area contributed by atoms with Crippen molar-refractivity contribution in [2.24, 2.45) is 5.73 Å². The van der Waals surface area contributed by atoms with Crippen LogP contribution in [0.25, 0.3) is 0 Å². The molecule has 72 valence electrons. The summed E-state index contributed by atoms with van der Waals surface area (Å²) in [6.45, 7) is 0.256. The molecule has 0 spiro atoms. The van der Waals surface area contributed by atoms with Gasteiger partial charge in [-0.1, -0.05) is 18.2 Å². The quantitative estimate of drug-likeness (QED) is 0.722. The summed E-state index contributed by atoms with van der Waals surface area (Å²) < 4.78 is 26.3. The highest BCUT2D eigenvalue weighted by Crippen LogP contribution is 2.18. The first-order chi connectivity index (χ1) is 6.03. The molecule has 0 unspecified atom stereocenters. The average molecular weight is 201 g/mol. The van der Waals surface area contributed by atoms with Crippen LogP contribution < -0.4 is 9.92 Å². The molecule has 0 aliphatic rings. The van der Waals surface area contributed by atoms with Crippen molar-refractivity contribution in [2.45, 2.75) is 6.54 Å². The van der Waals surface area contributed by atoms with Crippen molar-refractivity contribution in [3.8, 4) is 5.75 Å². The third-order valence-electron chi connectivity index (χ3n) is 1.43. The van der Waals surface area contributed by atoms with Gasteiger partial charge in [-0.2, -0.15) is 8.42 Å². The minimum absolute atomic E-state index is 0.256. The molecule has 0 radical (unpaired) electrons. The average Bonchev–Trinajstić information content (AvgIpc) is 2.02. The van der Waals surface area contributed by atoms with E-state index in [9.17, 15) is 8.42 Å². The van der Waals surface area contributed by atoms with Crippen molar-refractivity contribution in [3.05, 3.63) is 29.8 Å². The van der Waals surface area contributed by atoms with Crippen LogP contribution in [0.1, 0.15) is 5.56 Å². The molecule has 0 aliphatic heterocycles. The third kappa shape index (κ3) is 3.04. The molecule has 0 bridgehead atoms. The van der Waals surface area contributed by atoms with E-state index in [4.69, 9.17) is 9.92 Å². The first-order valence-corrected chi connectivity index (χ1v) is 5.52. The van der Waals surface area contributed by atoms with Crippen LogP contribution in [0, 0.1) is 0 Å². The van der Waals surface area contributed by atoms with E-state index in [1.165, 1.54) is 0 Å². The first-order valence-electron chi connectivity index (χ1n) is 3.70. The van der Waals surface area contributed by atoms with Gasteiger partial charge in [0.1, 0.15) is 5.75 Å². The van der Waals surface area contributed by atoms with Gasteiger partial charge in [0.25, 0.3) is 0 Å². The fourth-order valence-corrected chi connectivity index (χ4v) is 1.41. The Kier molecular flexibility index (Phi) is 2.90. The maximum atomic E-state index is 10.8. The molecular formula is C8H11NO3S. The fraction of sp³-hybridized carbons (Fsp3) is 0.250. The van der Waals surface area contributed by atoms with Gasteiger partial charge in [-0.3, -0.25) is 0 Å². The minimum Gasteiger partial charge on any atom is -0.382 e. The molecule has 0 aromatic heterocycles. The van der Waals surface area contributed by atoms with Crippen LogP contribution in [-0.4, -0.2) is 14.7 Å². The Morgan fingerprint density at radius 2 is 2.00 bits per heavy atom. The van der Waals surface area contributed by atoms with Crippen molar-refractivity contribution >= 4 is 10.1 Å². The summed E-state index contributed by atoms with van der Waals surface area (Å²) in [5, 5.41) is 0. The maximum absolute atomic E-state index is 10.8. The number of nitrogens with two attached hydrogens (primary N) is 1. The summed E-state index contributed by atoms with van der Waals surface area (Å²) in [7, 11) is -3.47. The minimum atomic E-state index is -3.47. The van der Waals surface area contributed by atoms with Gasteiger partial charge in [-0.25, -0.2) is 0 Å². The summed E-state index contributed by atoms with van der Waals surface area (Å²) in [4.78, 5) is 0. The Morgan fingerprint density at radius 3 is 2.54 bits per heavy atom. The Labute approximate surface area is 77.4 Å². The summed E-state index contributed by atoms with van der Waals surface area (Å²) in [5.41, 5.74) is 6.07. The molecule has 0 heterocycles. The molecule has 4 nitrogen and oxygen atoms in total. The lowest BCUT2D eigenvalue weighted by atomic mass is 10.2. The smallest absolute Gasteiger partial charge is 0.306 e. The zero-order chi connectivity index (χ0) is 9.90. The number of para-hydroxylation sites is 1. The molecule has 13 heavy (non-hydrogen) atoms. The van der Waals surface area contributed by atoms with Crippen LogP contribution in [0.4, 0.5) is 0 Å². The highest BCUT2D eigenvalue weighted by molar-refractivity contribution is 7.86. The molecule has 5 heteroatoms. The largest absolute Gasteiger partial charge is 0.382 e. The Hall–Kier alpha value is -1.07. The topological polar surface area (TPSA) is 69.4 Å². The van der Waals surface area contributed by atoms with Crippen LogP contribution in [-0.2, 0) is 16.7 Å². The standard InChI is InChI=1S/C8H11NO3S/c1-13(10,11)12-8-5-3-2-4-7(8)6-9/h2-5H,6,9H2,1H3. The van der Waals surface area contributed by atoms with E-state index in [2.05, 4.69) is 0 Å². The first kappa shape index (κ1) is 10.0. The molecule has 2 N–H and O–H groups in total. The maximum Gasteiger partial charge on any atom is 0.306 e. The lowest BCUT2D eigenvalue weighted by Crippen LogP contribution is -2.08. The summed E-state index contributed by atoms with van der Waals surface area (Å²) >= 11 is 0. The van der Waals surface area contributed by atoms with Crippen LogP contribution >= 0.6 is 0 Å². The van der Waals surface area contributed by atoms with Gasteiger partial charge in [-0.05, 0) is 6.07 Å². The highest BCUT2D eigenvalue weighted by atomic mass is 32.2. The summed E-state index contributed by atoms with van der Waals surface area (Å²) in [6.07, 6.45) is 1.00. The second-order valence-electron chi connectivity index (χ2n) is 2.60. The monoisotopic (exact) mass is 201 g/mol. The molecule has 0 saturated heterocycles. The number of hydrogen-bond acceptors (Lipinski definition) is 4. The van der Waals surface area contributed by atoms with E-state index in [0.717, 1.165) is 6.26 Å². The molecule has 1 aromatic carbocycles. The highest BCUT2D eigenvalue weighted by Gasteiger charge is 2.07. The van der Waals surface area contributed by atoms with E-state index >= 15 is 0 Å². The Morgan fingerprint density at radius 1 is 1.38 bits per heavy atom. The Bertz CT molecular complexity index is 386. The zero-order valence-electron chi connectivity index (χ0n) is 7.23. The molecule has 1 rings (SSSR count). The summed E-state index contributed by atoms with van der Waals surface area (Å²) in [5.74, 6) is 0.299. The number of rotatable bonds is 3. The zero-order valence-corrected chi connectivity index (χ0v) is 8.04. The summed E-state index contributed by atoms with van der Waals surface area (Å²) in [6, 6.07) is 6.76. The van der Waals surface area contributed by atoms with Crippen LogP contribution in [0.15, 0.2) is 24.3 Å². The molecular weight excluding hydrogens is 190 g/mol. The molecule has 0 saturated carbocycles. The van der Waals surface area contributed by atoms with Gasteiger partial charge in [0.05, 0.1) is 6.26 Å². The van der Waals surface area contributed by atoms with Crippen molar-refractivity contribution in [2.75, 3.05) is 6.26 Å². The molecule has 1 aromatic rings. The lowest BCUT2D eigenvalue weighted by molar-refractivity contribution is 0.490. The van der Waals surface area contributed by atoms with Crippen LogP contribution in [0.3, 0.4) is 0 Å². The number of hydrogen-bond donors (Lipinski definition) is 1. The van der Waals surface area contributed by atoms with Crippen LogP contribution in [0.2, 0.25) is 0 Å². The van der Waals surface area contributed by atoms with E-state index in [1.54, 1.807) is 24.3 Å². The van der Waals surface area contributed by atoms with Crippen molar-refractivity contribution < 1.29 is 12.6 Å². The van der Waals surface area contributed by atoms with Gasteiger partial charge >= 0.3 is 10.1 Å². The number of benzene rings is 1.